The average Bonchev–Trinajstić information content (AvgIpc) is 2.42. The number of nitrogens with zero attached hydrogens (tertiary/aromatic N) is 1. The van der Waals surface area contributed by atoms with E-state index in [1.54, 1.807) is 0 Å². The van der Waals surface area contributed by atoms with Crippen LogP contribution in [0.1, 0.15) is 44.1 Å². The average molecular weight is 326 g/mol. The molecule has 0 aromatic carbocycles. The summed E-state index contributed by atoms with van der Waals surface area (Å²) in [5, 5.41) is 3.43. The highest BCUT2D eigenvalue weighted by Crippen LogP contribution is 2.27. The maximum atomic E-state index is 6.25. The largest absolute Gasteiger partial charge is 0.382 e. The van der Waals surface area contributed by atoms with Gasteiger partial charge in [0, 0.05) is 23.3 Å². The molecule has 1 aliphatic carbocycles. The van der Waals surface area contributed by atoms with Gasteiger partial charge in [0.1, 0.15) is 0 Å². The molecule has 1 aliphatic rings. The summed E-state index contributed by atoms with van der Waals surface area (Å²) in [6.45, 7) is 2.91. The molecule has 3 N–H and O–H groups in total. The van der Waals surface area contributed by atoms with Gasteiger partial charge in [0.25, 0.3) is 0 Å². The minimum atomic E-state index is 0.237. The molecule has 19 heavy (non-hydrogen) atoms. The molecule has 1 saturated carbocycles. The molecule has 0 radical (unpaired) electrons. The number of nitrogens with two attached hydrogens (primary N) is 1. The first kappa shape index (κ1) is 14.8. The van der Waals surface area contributed by atoms with E-state index in [1.165, 1.54) is 37.7 Å². The molecular weight excluding hydrogens is 302 g/mol. The van der Waals surface area contributed by atoms with E-state index in [4.69, 9.17) is 5.73 Å². The third kappa shape index (κ3) is 4.46. The van der Waals surface area contributed by atoms with Crippen LogP contribution in [0.3, 0.4) is 0 Å². The predicted octanol–water partition coefficient (Wildman–Crippen LogP) is 3.86. The van der Waals surface area contributed by atoms with Crippen molar-refractivity contribution in [3.8, 4) is 0 Å². The van der Waals surface area contributed by atoms with Gasteiger partial charge >= 0.3 is 0 Å². The molecule has 106 valence electrons. The normalized spacial score (nSPS) is 18.3. The molecule has 1 heterocycles. The number of aromatic nitrogens is 1. The van der Waals surface area contributed by atoms with Crippen LogP contribution in [0.15, 0.2) is 16.9 Å². The molecule has 1 aromatic heterocycles. The summed E-state index contributed by atoms with van der Waals surface area (Å²) in [6.07, 6.45) is 11.8. The zero-order chi connectivity index (χ0) is 13.7. The first-order chi connectivity index (χ1) is 9.16. The minimum Gasteiger partial charge on any atom is -0.382 e. The summed E-state index contributed by atoms with van der Waals surface area (Å²) < 4.78 is 1.04. The van der Waals surface area contributed by atoms with Crippen molar-refractivity contribution in [1.82, 2.24) is 4.98 Å². The minimum absolute atomic E-state index is 0.237. The van der Waals surface area contributed by atoms with Gasteiger partial charge in [-0.25, -0.2) is 0 Å². The highest BCUT2D eigenvalue weighted by atomic mass is 79.9. The highest BCUT2D eigenvalue weighted by Gasteiger charge is 2.16. The fraction of sp³-hybridized carbons (Fsp3) is 0.667. The van der Waals surface area contributed by atoms with E-state index >= 15 is 0 Å². The smallest absolute Gasteiger partial charge is 0.0568 e. The molecule has 1 atom stereocenters. The first-order valence-electron chi connectivity index (χ1n) is 7.26. The number of hydrogen-bond donors (Lipinski definition) is 2. The third-order valence-corrected chi connectivity index (χ3v) is 4.87. The third-order valence-electron chi connectivity index (χ3n) is 4.07. The van der Waals surface area contributed by atoms with E-state index < -0.39 is 0 Å². The number of nitrogens with one attached hydrogen (secondary N) is 1. The molecule has 2 rings (SSSR count). The van der Waals surface area contributed by atoms with E-state index in [9.17, 15) is 0 Å². The Bertz CT molecular complexity index is 402. The van der Waals surface area contributed by atoms with E-state index in [0.717, 1.165) is 29.0 Å². The number of anilines is 1. The van der Waals surface area contributed by atoms with Crippen LogP contribution in [0.4, 0.5) is 5.69 Å². The Hall–Kier alpha value is -0.610. The molecule has 0 aliphatic heterocycles. The van der Waals surface area contributed by atoms with Crippen molar-refractivity contribution in [3.63, 3.8) is 0 Å². The van der Waals surface area contributed by atoms with Crippen molar-refractivity contribution >= 4 is 21.6 Å². The molecule has 0 bridgehead atoms. The van der Waals surface area contributed by atoms with Gasteiger partial charge < -0.3 is 11.1 Å². The van der Waals surface area contributed by atoms with Crippen LogP contribution in [0.25, 0.3) is 0 Å². The van der Waals surface area contributed by atoms with Gasteiger partial charge in [0.2, 0.25) is 0 Å². The Balaban J connectivity index is 1.79. The second-order valence-corrected chi connectivity index (χ2v) is 6.53. The van der Waals surface area contributed by atoms with Gasteiger partial charge in [-0.3, -0.25) is 4.98 Å². The van der Waals surface area contributed by atoms with Crippen LogP contribution < -0.4 is 11.1 Å². The van der Waals surface area contributed by atoms with Crippen molar-refractivity contribution in [1.29, 1.82) is 0 Å². The number of pyridine rings is 1. The van der Waals surface area contributed by atoms with Crippen molar-refractivity contribution in [3.05, 3.63) is 22.4 Å². The molecule has 0 unspecified atom stereocenters. The molecular formula is C15H24BrN3. The van der Waals surface area contributed by atoms with Gasteiger partial charge in [-0.1, -0.05) is 32.1 Å². The van der Waals surface area contributed by atoms with E-state index in [0.29, 0.717) is 0 Å². The van der Waals surface area contributed by atoms with Crippen LogP contribution in [0.2, 0.25) is 0 Å². The van der Waals surface area contributed by atoms with Crippen LogP contribution in [0.5, 0.6) is 0 Å². The van der Waals surface area contributed by atoms with Crippen LogP contribution in [-0.4, -0.2) is 17.6 Å². The molecule has 0 saturated heterocycles. The zero-order valence-corrected chi connectivity index (χ0v) is 13.2. The van der Waals surface area contributed by atoms with Gasteiger partial charge in [-0.2, -0.15) is 0 Å². The molecule has 3 nitrogen and oxygen atoms in total. The second kappa shape index (κ2) is 7.25. The molecule has 1 fully saturated rings. The Labute approximate surface area is 124 Å². The number of rotatable bonds is 5. The Morgan fingerprint density at radius 2 is 2.11 bits per heavy atom. The summed E-state index contributed by atoms with van der Waals surface area (Å²) in [5.74, 6) is 0.840. The second-order valence-electron chi connectivity index (χ2n) is 5.67. The lowest BCUT2D eigenvalue weighted by Crippen LogP contribution is -2.32. The van der Waals surface area contributed by atoms with Gasteiger partial charge in [-0.05, 0) is 40.8 Å². The quantitative estimate of drug-likeness (QED) is 0.864. The molecule has 0 spiro atoms. The summed E-state index contributed by atoms with van der Waals surface area (Å²) in [5.41, 5.74) is 8.52. The molecule has 4 heteroatoms. The van der Waals surface area contributed by atoms with Crippen LogP contribution in [0, 0.1) is 12.8 Å². The summed E-state index contributed by atoms with van der Waals surface area (Å²) in [4.78, 5) is 4.19. The van der Waals surface area contributed by atoms with Gasteiger partial charge in [-0.15, -0.1) is 0 Å². The van der Waals surface area contributed by atoms with E-state index in [1.807, 2.05) is 12.4 Å². The monoisotopic (exact) mass is 325 g/mol. The van der Waals surface area contributed by atoms with Crippen molar-refractivity contribution < 1.29 is 0 Å². The molecule has 0 amide bonds. The summed E-state index contributed by atoms with van der Waals surface area (Å²) in [6, 6.07) is 0.237. The van der Waals surface area contributed by atoms with Crippen molar-refractivity contribution in [2.75, 3.05) is 11.9 Å². The number of halogens is 1. The fourth-order valence-corrected chi connectivity index (χ4v) is 3.18. The maximum absolute atomic E-state index is 6.25. The lowest BCUT2D eigenvalue weighted by atomic mass is 9.85. The Kier molecular flexibility index (Phi) is 5.64. The van der Waals surface area contributed by atoms with E-state index in [-0.39, 0.29) is 6.04 Å². The lowest BCUT2D eigenvalue weighted by Gasteiger charge is -2.25. The fourth-order valence-electron chi connectivity index (χ4n) is 2.85. The van der Waals surface area contributed by atoms with Gasteiger partial charge in [0.15, 0.2) is 0 Å². The lowest BCUT2D eigenvalue weighted by molar-refractivity contribution is 0.320. The van der Waals surface area contributed by atoms with Crippen molar-refractivity contribution in [2.24, 2.45) is 11.7 Å². The Morgan fingerprint density at radius 3 is 2.84 bits per heavy atom. The highest BCUT2D eigenvalue weighted by molar-refractivity contribution is 9.10. The maximum Gasteiger partial charge on any atom is 0.0568 e. The van der Waals surface area contributed by atoms with E-state index in [2.05, 4.69) is 33.2 Å². The SMILES string of the molecule is Cc1c(Br)cncc1NC[C@@H](N)CC1CCCCC1. The standard InChI is InChI=1S/C15H24BrN3/c1-11-14(16)9-18-10-15(11)19-8-13(17)7-12-5-3-2-4-6-12/h9-10,12-13,19H,2-8,17H2,1H3/t13-/m0/s1. The Morgan fingerprint density at radius 1 is 1.37 bits per heavy atom. The number of hydrogen-bond acceptors (Lipinski definition) is 3. The predicted molar refractivity (Wildman–Crippen MR) is 84.3 cm³/mol. The van der Waals surface area contributed by atoms with Crippen LogP contribution in [-0.2, 0) is 0 Å². The topological polar surface area (TPSA) is 50.9 Å². The van der Waals surface area contributed by atoms with Crippen molar-refractivity contribution in [2.45, 2.75) is 51.5 Å². The summed E-state index contributed by atoms with van der Waals surface area (Å²) >= 11 is 3.50. The van der Waals surface area contributed by atoms with Crippen LogP contribution >= 0.6 is 15.9 Å². The first-order valence-corrected chi connectivity index (χ1v) is 8.05. The molecule has 1 aromatic rings. The summed E-state index contributed by atoms with van der Waals surface area (Å²) in [7, 11) is 0. The van der Waals surface area contributed by atoms with Gasteiger partial charge in [0.05, 0.1) is 11.9 Å². The zero-order valence-electron chi connectivity index (χ0n) is 11.7.